The van der Waals surface area contributed by atoms with Crippen LogP contribution in [0.1, 0.15) is 25.0 Å². The van der Waals surface area contributed by atoms with Gasteiger partial charge in [0.15, 0.2) is 0 Å². The molecule has 1 aromatic rings. The number of carbonyl (C=O) groups is 1. The van der Waals surface area contributed by atoms with Gasteiger partial charge in [0.1, 0.15) is 11.9 Å². The molecule has 5 heteroatoms. The summed E-state index contributed by atoms with van der Waals surface area (Å²) >= 11 is 0. The minimum absolute atomic E-state index is 0.0164. The number of carboxylic acid groups (broad SMARTS) is 1. The van der Waals surface area contributed by atoms with Crippen LogP contribution >= 0.6 is 0 Å². The van der Waals surface area contributed by atoms with Gasteiger partial charge >= 0.3 is 5.97 Å². The van der Waals surface area contributed by atoms with Crippen LogP contribution in [0.4, 0.5) is 4.39 Å². The molecule has 1 N–H and O–H groups in total. The zero-order valence-corrected chi connectivity index (χ0v) is 11.1. The van der Waals surface area contributed by atoms with Crippen LogP contribution in [0.25, 0.3) is 0 Å². The third kappa shape index (κ3) is 4.68. The summed E-state index contributed by atoms with van der Waals surface area (Å²) in [6, 6.07) is 6.36. The first-order valence-electron chi connectivity index (χ1n) is 6.05. The quantitative estimate of drug-likeness (QED) is 0.855. The molecule has 1 rings (SSSR count). The highest BCUT2D eigenvalue weighted by Crippen LogP contribution is 2.15. The minimum atomic E-state index is -0.947. The number of rotatable bonds is 6. The number of halogens is 1. The van der Waals surface area contributed by atoms with Crippen molar-refractivity contribution >= 4 is 5.97 Å². The van der Waals surface area contributed by atoms with Crippen LogP contribution in [0, 0.1) is 23.1 Å². The van der Waals surface area contributed by atoms with Crippen molar-refractivity contribution in [3.05, 3.63) is 35.1 Å². The lowest BCUT2D eigenvalue weighted by atomic mass is 10.1. The van der Waals surface area contributed by atoms with E-state index >= 15 is 0 Å². The first-order valence-corrected chi connectivity index (χ1v) is 6.05. The lowest BCUT2D eigenvalue weighted by molar-refractivity contribution is -0.138. The number of carboxylic acids is 1. The number of hydrogen-bond donors (Lipinski definition) is 1. The molecule has 0 heterocycles. The summed E-state index contributed by atoms with van der Waals surface area (Å²) in [6.45, 7) is 4.54. The predicted molar refractivity (Wildman–Crippen MR) is 68.9 cm³/mol. The van der Waals surface area contributed by atoms with Crippen LogP contribution in [0.2, 0.25) is 0 Å². The second kappa shape index (κ2) is 6.86. The van der Waals surface area contributed by atoms with Crippen LogP contribution < -0.4 is 0 Å². The Balaban J connectivity index is 2.90. The highest BCUT2D eigenvalue weighted by molar-refractivity contribution is 5.69. The van der Waals surface area contributed by atoms with Gasteiger partial charge in [0, 0.05) is 18.7 Å². The predicted octanol–water partition coefficient (Wildman–Crippen LogP) is 2.24. The fraction of sp³-hybridized carbons (Fsp3) is 0.429. The highest BCUT2D eigenvalue weighted by atomic mass is 19.1. The van der Waals surface area contributed by atoms with E-state index < -0.39 is 11.8 Å². The zero-order valence-electron chi connectivity index (χ0n) is 11.1. The smallest absolute Gasteiger partial charge is 0.317 e. The Morgan fingerprint density at radius 1 is 1.53 bits per heavy atom. The Morgan fingerprint density at radius 2 is 2.21 bits per heavy atom. The number of hydrogen-bond acceptors (Lipinski definition) is 3. The molecule has 0 aliphatic carbocycles. The van der Waals surface area contributed by atoms with Crippen LogP contribution in [0.5, 0.6) is 0 Å². The molecule has 0 aliphatic rings. The Bertz CT molecular complexity index is 495. The minimum Gasteiger partial charge on any atom is -0.480 e. The van der Waals surface area contributed by atoms with E-state index in [1.54, 1.807) is 23.1 Å². The Morgan fingerprint density at radius 3 is 2.74 bits per heavy atom. The van der Waals surface area contributed by atoms with Crippen LogP contribution in [-0.2, 0) is 11.3 Å². The van der Waals surface area contributed by atoms with E-state index in [2.05, 4.69) is 0 Å². The molecule has 4 nitrogen and oxygen atoms in total. The SMILES string of the molecule is CC(C)CN(CC(=O)O)Cc1cccc(C#N)c1F. The summed E-state index contributed by atoms with van der Waals surface area (Å²) < 4.78 is 13.9. The second-order valence-corrected chi connectivity index (χ2v) is 4.85. The number of nitrogens with zero attached hydrogens (tertiary/aromatic N) is 2. The molecule has 0 bridgehead atoms. The first kappa shape index (κ1) is 15.1. The molecule has 0 saturated carbocycles. The highest BCUT2D eigenvalue weighted by Gasteiger charge is 2.15. The molecule has 0 fully saturated rings. The third-order valence-corrected chi connectivity index (χ3v) is 2.58. The molecular weight excluding hydrogens is 247 g/mol. The summed E-state index contributed by atoms with van der Waals surface area (Å²) in [5, 5.41) is 17.6. The molecule has 0 aliphatic heterocycles. The largest absolute Gasteiger partial charge is 0.480 e. The molecule has 0 unspecified atom stereocenters. The van der Waals surface area contributed by atoms with Crippen LogP contribution in [0.15, 0.2) is 18.2 Å². The normalized spacial score (nSPS) is 10.7. The second-order valence-electron chi connectivity index (χ2n) is 4.85. The average molecular weight is 264 g/mol. The van der Waals surface area contributed by atoms with Gasteiger partial charge in [0.05, 0.1) is 12.1 Å². The fourth-order valence-electron chi connectivity index (χ4n) is 1.92. The molecule has 19 heavy (non-hydrogen) atoms. The van der Waals surface area contributed by atoms with E-state index in [-0.39, 0.29) is 24.6 Å². The van der Waals surface area contributed by atoms with E-state index in [9.17, 15) is 9.18 Å². The van der Waals surface area contributed by atoms with E-state index in [4.69, 9.17) is 10.4 Å². The molecular formula is C14H17FN2O2. The standard InChI is InChI=1S/C14H17FN2O2/c1-10(2)7-17(9-13(18)19)8-12-5-3-4-11(6-16)14(12)15/h3-5,10H,7-9H2,1-2H3,(H,18,19). The molecule has 0 atom stereocenters. The molecule has 102 valence electrons. The van der Waals surface area contributed by atoms with E-state index in [1.165, 1.54) is 6.07 Å². The van der Waals surface area contributed by atoms with Crippen molar-refractivity contribution in [3.8, 4) is 6.07 Å². The van der Waals surface area contributed by atoms with E-state index in [0.29, 0.717) is 12.1 Å². The van der Waals surface area contributed by atoms with Crippen molar-refractivity contribution in [3.63, 3.8) is 0 Å². The summed E-state index contributed by atoms with van der Waals surface area (Å²) in [6.07, 6.45) is 0. The van der Waals surface area contributed by atoms with E-state index in [0.717, 1.165) is 0 Å². The maximum atomic E-state index is 13.9. The average Bonchev–Trinajstić information content (AvgIpc) is 2.30. The monoisotopic (exact) mass is 264 g/mol. The number of nitriles is 1. The Labute approximate surface area is 112 Å². The molecule has 0 radical (unpaired) electrons. The van der Waals surface area contributed by atoms with Gasteiger partial charge in [0.25, 0.3) is 0 Å². The topological polar surface area (TPSA) is 64.3 Å². The summed E-state index contributed by atoms with van der Waals surface area (Å²) in [5.41, 5.74) is 0.332. The van der Waals surface area contributed by atoms with E-state index in [1.807, 2.05) is 13.8 Å². The maximum Gasteiger partial charge on any atom is 0.317 e. The number of benzene rings is 1. The maximum absolute atomic E-state index is 13.9. The molecule has 0 amide bonds. The van der Waals surface area contributed by atoms with Crippen molar-refractivity contribution in [2.24, 2.45) is 5.92 Å². The Hall–Kier alpha value is -1.93. The summed E-state index contributed by atoms with van der Waals surface area (Å²) in [5.74, 6) is -1.23. The number of aliphatic carboxylic acids is 1. The lowest BCUT2D eigenvalue weighted by Gasteiger charge is -2.22. The van der Waals surface area contributed by atoms with Crippen molar-refractivity contribution in [1.29, 1.82) is 5.26 Å². The molecule has 0 aromatic heterocycles. The first-order chi connectivity index (χ1) is 8.93. The van der Waals surface area contributed by atoms with Crippen molar-refractivity contribution in [2.45, 2.75) is 20.4 Å². The third-order valence-electron chi connectivity index (χ3n) is 2.58. The molecule has 0 saturated heterocycles. The van der Waals surface area contributed by atoms with Gasteiger partial charge in [0.2, 0.25) is 0 Å². The van der Waals surface area contributed by atoms with Crippen LogP contribution in [-0.4, -0.2) is 29.1 Å². The van der Waals surface area contributed by atoms with Gasteiger partial charge in [-0.3, -0.25) is 9.69 Å². The Kier molecular flexibility index (Phi) is 5.46. The fourth-order valence-corrected chi connectivity index (χ4v) is 1.92. The van der Waals surface area contributed by atoms with Gasteiger partial charge in [-0.05, 0) is 12.0 Å². The van der Waals surface area contributed by atoms with Crippen LogP contribution in [0.3, 0.4) is 0 Å². The molecule has 0 spiro atoms. The van der Waals surface area contributed by atoms with Gasteiger partial charge in [-0.25, -0.2) is 4.39 Å². The zero-order chi connectivity index (χ0) is 14.4. The van der Waals surface area contributed by atoms with Crippen molar-refractivity contribution < 1.29 is 14.3 Å². The van der Waals surface area contributed by atoms with Crippen molar-refractivity contribution in [1.82, 2.24) is 4.90 Å². The van der Waals surface area contributed by atoms with Gasteiger partial charge in [-0.15, -0.1) is 0 Å². The summed E-state index contributed by atoms with van der Waals surface area (Å²) in [4.78, 5) is 12.5. The van der Waals surface area contributed by atoms with Crippen molar-refractivity contribution in [2.75, 3.05) is 13.1 Å². The summed E-state index contributed by atoms with van der Waals surface area (Å²) in [7, 11) is 0. The van der Waals surface area contributed by atoms with Gasteiger partial charge < -0.3 is 5.11 Å². The van der Waals surface area contributed by atoms with Gasteiger partial charge in [-0.1, -0.05) is 26.0 Å². The molecule has 1 aromatic carbocycles. The lowest BCUT2D eigenvalue weighted by Crippen LogP contribution is -2.32. The van der Waals surface area contributed by atoms with Gasteiger partial charge in [-0.2, -0.15) is 5.26 Å².